The van der Waals surface area contributed by atoms with Gasteiger partial charge in [0.25, 0.3) is 5.91 Å². The third-order valence-electron chi connectivity index (χ3n) is 7.35. The molecule has 3 heterocycles. The number of likely N-dealkylation sites (tertiary alicyclic amines) is 1. The van der Waals surface area contributed by atoms with Crippen molar-refractivity contribution in [1.29, 1.82) is 0 Å². The molecule has 2 saturated heterocycles. The minimum atomic E-state index is -0.573. The molecule has 4 aliphatic rings. The topological polar surface area (TPSA) is 91.0 Å². The van der Waals surface area contributed by atoms with Crippen molar-refractivity contribution in [2.24, 2.45) is 0 Å². The number of hydrogen-bond donors (Lipinski definition) is 2. The van der Waals surface area contributed by atoms with Crippen LogP contribution in [0.4, 0.5) is 5.69 Å². The highest BCUT2D eigenvalue weighted by Gasteiger charge is 2.40. The van der Waals surface area contributed by atoms with E-state index in [0.717, 1.165) is 37.4 Å². The first-order valence-electron chi connectivity index (χ1n) is 11.9. The minimum Gasteiger partial charge on any atom is -0.381 e. The van der Waals surface area contributed by atoms with Crippen molar-refractivity contribution in [3.63, 3.8) is 0 Å². The van der Waals surface area contributed by atoms with Gasteiger partial charge >= 0.3 is 0 Å². The van der Waals surface area contributed by atoms with Gasteiger partial charge in [0, 0.05) is 56.0 Å². The summed E-state index contributed by atoms with van der Waals surface area (Å²) in [5.41, 5.74) is 2.63. The summed E-state index contributed by atoms with van der Waals surface area (Å²) in [6.45, 7) is 5.25. The molecular formula is C24H32N4O4. The van der Waals surface area contributed by atoms with Crippen molar-refractivity contribution in [3.05, 3.63) is 29.3 Å². The van der Waals surface area contributed by atoms with Gasteiger partial charge in [0.05, 0.1) is 6.10 Å². The van der Waals surface area contributed by atoms with Crippen LogP contribution in [-0.4, -0.2) is 71.4 Å². The molecule has 3 fully saturated rings. The van der Waals surface area contributed by atoms with Crippen molar-refractivity contribution < 1.29 is 19.1 Å². The van der Waals surface area contributed by atoms with Crippen LogP contribution in [0.15, 0.2) is 18.2 Å². The number of carbonyl (C=O) groups is 3. The molecule has 0 radical (unpaired) electrons. The first kappa shape index (κ1) is 21.4. The number of imide groups is 1. The van der Waals surface area contributed by atoms with Crippen molar-refractivity contribution in [2.75, 3.05) is 25.0 Å². The van der Waals surface area contributed by atoms with Crippen LogP contribution in [0.1, 0.15) is 61.4 Å². The zero-order chi connectivity index (χ0) is 22.2. The number of piperidine rings is 1. The Morgan fingerprint density at radius 1 is 1.12 bits per heavy atom. The fourth-order valence-electron chi connectivity index (χ4n) is 5.68. The smallest absolute Gasteiger partial charge is 0.255 e. The normalized spacial score (nSPS) is 29.0. The predicted molar refractivity (Wildman–Crippen MR) is 119 cm³/mol. The standard InChI is InChI=1S/C24H32N4O4/c1-2-32-17-13-27(14-17)20-6-4-3-5-19(20)25-16-7-8-18-15(11-16)12-28(24(18)31)21-9-10-22(29)26-23(21)30/h7-8,11,17,19-21,25H,2-6,9-10,12-14H2,1H3,(H,26,29,30). The quantitative estimate of drug-likeness (QED) is 0.657. The Labute approximate surface area is 188 Å². The summed E-state index contributed by atoms with van der Waals surface area (Å²) in [6.07, 6.45) is 5.85. The number of anilines is 1. The molecule has 3 amide bonds. The number of benzene rings is 1. The molecule has 5 rings (SSSR count). The number of nitrogens with zero attached hydrogens (tertiary/aromatic N) is 2. The van der Waals surface area contributed by atoms with Crippen LogP contribution in [0.5, 0.6) is 0 Å². The fraction of sp³-hybridized carbons (Fsp3) is 0.625. The summed E-state index contributed by atoms with van der Waals surface area (Å²) in [7, 11) is 0. The van der Waals surface area contributed by atoms with Gasteiger partial charge in [-0.05, 0) is 49.9 Å². The van der Waals surface area contributed by atoms with Crippen LogP contribution in [0.3, 0.4) is 0 Å². The molecule has 3 atom stereocenters. The Hall–Kier alpha value is -2.45. The molecule has 0 spiro atoms. The maximum Gasteiger partial charge on any atom is 0.255 e. The Morgan fingerprint density at radius 2 is 1.94 bits per heavy atom. The van der Waals surface area contributed by atoms with E-state index < -0.39 is 6.04 Å². The van der Waals surface area contributed by atoms with Gasteiger partial charge in [-0.2, -0.15) is 0 Å². The lowest BCUT2D eigenvalue weighted by molar-refractivity contribution is -0.136. The largest absolute Gasteiger partial charge is 0.381 e. The zero-order valence-electron chi connectivity index (χ0n) is 18.6. The second-order valence-electron chi connectivity index (χ2n) is 9.41. The number of fused-ring (bicyclic) bond motifs is 1. The summed E-state index contributed by atoms with van der Waals surface area (Å²) in [4.78, 5) is 40.8. The maximum atomic E-state index is 12.9. The van der Waals surface area contributed by atoms with Crippen molar-refractivity contribution in [1.82, 2.24) is 15.1 Å². The molecule has 3 unspecified atom stereocenters. The van der Waals surface area contributed by atoms with E-state index in [1.165, 1.54) is 19.3 Å². The van der Waals surface area contributed by atoms with E-state index in [1.807, 2.05) is 19.1 Å². The van der Waals surface area contributed by atoms with Crippen LogP contribution >= 0.6 is 0 Å². The highest BCUT2D eigenvalue weighted by Crippen LogP contribution is 2.33. The molecule has 1 aromatic carbocycles. The molecule has 8 nitrogen and oxygen atoms in total. The van der Waals surface area contributed by atoms with E-state index in [1.54, 1.807) is 4.90 Å². The van der Waals surface area contributed by atoms with Crippen molar-refractivity contribution >= 4 is 23.4 Å². The van der Waals surface area contributed by atoms with Gasteiger partial charge in [-0.1, -0.05) is 12.8 Å². The number of ether oxygens (including phenoxy) is 1. The Balaban J connectivity index is 1.26. The van der Waals surface area contributed by atoms with Gasteiger partial charge in [-0.25, -0.2) is 0 Å². The number of hydrogen-bond acceptors (Lipinski definition) is 6. The molecule has 1 saturated carbocycles. The maximum absolute atomic E-state index is 12.9. The predicted octanol–water partition coefficient (Wildman–Crippen LogP) is 1.89. The average Bonchev–Trinajstić information content (AvgIpc) is 3.07. The van der Waals surface area contributed by atoms with Crippen LogP contribution in [0, 0.1) is 0 Å². The second-order valence-corrected chi connectivity index (χ2v) is 9.41. The lowest BCUT2D eigenvalue weighted by Gasteiger charge is -2.48. The van der Waals surface area contributed by atoms with Crippen molar-refractivity contribution in [3.8, 4) is 0 Å². The van der Waals surface area contributed by atoms with E-state index in [-0.39, 0.29) is 24.1 Å². The molecule has 32 heavy (non-hydrogen) atoms. The van der Waals surface area contributed by atoms with Gasteiger partial charge in [0.15, 0.2) is 0 Å². The molecule has 2 N–H and O–H groups in total. The third kappa shape index (κ3) is 4.01. The lowest BCUT2D eigenvalue weighted by atomic mass is 9.87. The first-order valence-corrected chi connectivity index (χ1v) is 11.9. The Kier molecular flexibility index (Phi) is 5.90. The van der Waals surface area contributed by atoms with Crippen LogP contribution < -0.4 is 10.6 Å². The molecule has 0 aromatic heterocycles. The molecule has 0 bridgehead atoms. The van der Waals surface area contributed by atoms with E-state index in [2.05, 4.69) is 21.6 Å². The highest BCUT2D eigenvalue weighted by molar-refractivity contribution is 6.05. The monoisotopic (exact) mass is 440 g/mol. The molecule has 1 aromatic rings. The van der Waals surface area contributed by atoms with E-state index >= 15 is 0 Å². The van der Waals surface area contributed by atoms with E-state index in [0.29, 0.717) is 36.7 Å². The van der Waals surface area contributed by atoms with Gasteiger partial charge in [0.1, 0.15) is 6.04 Å². The number of rotatable bonds is 6. The number of nitrogens with one attached hydrogen (secondary N) is 2. The summed E-state index contributed by atoms with van der Waals surface area (Å²) < 4.78 is 5.74. The molecule has 8 heteroatoms. The zero-order valence-corrected chi connectivity index (χ0v) is 18.6. The van der Waals surface area contributed by atoms with Crippen LogP contribution in [0.2, 0.25) is 0 Å². The number of carbonyl (C=O) groups excluding carboxylic acids is 3. The van der Waals surface area contributed by atoms with Crippen LogP contribution in [0.25, 0.3) is 0 Å². The molecule has 3 aliphatic heterocycles. The summed E-state index contributed by atoms with van der Waals surface area (Å²) in [5, 5.41) is 6.10. The molecular weight excluding hydrogens is 408 g/mol. The fourth-order valence-corrected chi connectivity index (χ4v) is 5.68. The van der Waals surface area contributed by atoms with E-state index in [4.69, 9.17) is 4.74 Å². The van der Waals surface area contributed by atoms with Gasteiger partial charge in [-0.3, -0.25) is 24.6 Å². The lowest BCUT2D eigenvalue weighted by Crippen LogP contribution is -2.61. The summed E-state index contributed by atoms with van der Waals surface area (Å²) in [6, 6.07) is 6.23. The average molecular weight is 441 g/mol. The first-order chi connectivity index (χ1) is 15.5. The van der Waals surface area contributed by atoms with Crippen LogP contribution in [-0.2, 0) is 20.9 Å². The molecule has 1 aliphatic carbocycles. The summed E-state index contributed by atoms with van der Waals surface area (Å²) in [5.74, 6) is -0.761. The van der Waals surface area contributed by atoms with Crippen molar-refractivity contribution in [2.45, 2.75) is 76.2 Å². The Morgan fingerprint density at radius 3 is 2.72 bits per heavy atom. The van der Waals surface area contributed by atoms with Gasteiger partial charge in [0.2, 0.25) is 11.8 Å². The summed E-state index contributed by atoms with van der Waals surface area (Å²) >= 11 is 0. The third-order valence-corrected chi connectivity index (χ3v) is 7.35. The minimum absolute atomic E-state index is 0.126. The SMILES string of the molecule is CCOC1CN(C2CCCCC2Nc2ccc3c(c2)CN(C2CCC(=O)NC2=O)C3=O)C1. The van der Waals surface area contributed by atoms with E-state index in [9.17, 15) is 14.4 Å². The number of amides is 3. The second kappa shape index (κ2) is 8.83. The highest BCUT2D eigenvalue weighted by atomic mass is 16.5. The van der Waals surface area contributed by atoms with Gasteiger partial charge in [-0.15, -0.1) is 0 Å². The molecule has 172 valence electrons. The van der Waals surface area contributed by atoms with Gasteiger partial charge < -0.3 is 15.0 Å². The Bertz CT molecular complexity index is 913.